The summed E-state index contributed by atoms with van der Waals surface area (Å²) in [7, 11) is 0. The average molecular weight is 322 g/mol. The molecule has 0 fully saturated rings. The van der Waals surface area contributed by atoms with Gasteiger partial charge in [0.15, 0.2) is 11.5 Å². The van der Waals surface area contributed by atoms with Crippen molar-refractivity contribution in [1.29, 1.82) is 0 Å². The summed E-state index contributed by atoms with van der Waals surface area (Å²) in [5.74, 6) is 2.17. The predicted molar refractivity (Wildman–Crippen MR) is 89.9 cm³/mol. The van der Waals surface area contributed by atoms with Crippen LogP contribution in [0.25, 0.3) is 17.0 Å². The third kappa shape index (κ3) is 2.64. The number of hydrogen-bond acceptors (Lipinski definition) is 3. The second-order valence-corrected chi connectivity index (χ2v) is 5.42. The number of benzene rings is 2. The minimum Gasteiger partial charge on any atom is -0.456 e. The van der Waals surface area contributed by atoms with E-state index in [1.165, 1.54) is 0 Å². The topological polar surface area (TPSA) is 39.4 Å². The van der Waals surface area contributed by atoms with Crippen LogP contribution < -0.4 is 4.74 Å². The van der Waals surface area contributed by atoms with Crippen LogP contribution in [0.5, 0.6) is 11.5 Å². The Balaban J connectivity index is 1.79. The van der Waals surface area contributed by atoms with Gasteiger partial charge in [0.2, 0.25) is 0 Å². The van der Waals surface area contributed by atoms with E-state index in [1.807, 2.05) is 77.3 Å². The molecule has 0 spiro atoms. The van der Waals surface area contributed by atoms with Gasteiger partial charge in [-0.3, -0.25) is 4.40 Å². The highest BCUT2D eigenvalue weighted by molar-refractivity contribution is 6.33. The highest BCUT2D eigenvalue weighted by atomic mass is 35.5. The molecule has 2 heterocycles. The van der Waals surface area contributed by atoms with E-state index in [0.29, 0.717) is 16.6 Å². The van der Waals surface area contributed by atoms with Crippen molar-refractivity contribution in [2.45, 2.75) is 0 Å². The molecule has 23 heavy (non-hydrogen) atoms. The maximum atomic E-state index is 6.27. The zero-order valence-corrected chi connectivity index (χ0v) is 12.8. The number of rotatable bonds is 3. The molecule has 4 rings (SSSR count). The molecular formula is C18H12ClN3O. The van der Waals surface area contributed by atoms with Crippen LogP contribution in [0.1, 0.15) is 0 Å². The first-order valence-electron chi connectivity index (χ1n) is 7.14. The molecule has 4 aromatic rings. The summed E-state index contributed by atoms with van der Waals surface area (Å²) in [5, 5.41) is 9.07. The summed E-state index contributed by atoms with van der Waals surface area (Å²) >= 11 is 6.27. The molecule has 0 aliphatic carbocycles. The van der Waals surface area contributed by atoms with Crippen molar-refractivity contribution in [2.75, 3.05) is 0 Å². The summed E-state index contributed by atoms with van der Waals surface area (Å²) in [6, 6.07) is 20.9. The molecule has 0 unspecified atom stereocenters. The zero-order valence-electron chi connectivity index (χ0n) is 12.1. The van der Waals surface area contributed by atoms with Crippen LogP contribution in [0.2, 0.25) is 5.02 Å². The lowest BCUT2D eigenvalue weighted by Crippen LogP contribution is -1.92. The van der Waals surface area contributed by atoms with E-state index in [1.54, 1.807) is 0 Å². The third-order valence-electron chi connectivity index (χ3n) is 3.47. The summed E-state index contributed by atoms with van der Waals surface area (Å²) in [6.07, 6.45) is 1.86. The van der Waals surface area contributed by atoms with Gasteiger partial charge in [-0.2, -0.15) is 0 Å². The molecule has 5 heteroatoms. The van der Waals surface area contributed by atoms with Crippen LogP contribution in [0.3, 0.4) is 0 Å². The first-order valence-corrected chi connectivity index (χ1v) is 7.52. The van der Waals surface area contributed by atoms with Gasteiger partial charge in [0, 0.05) is 5.56 Å². The number of fused-ring (bicyclic) bond motifs is 1. The van der Waals surface area contributed by atoms with Gasteiger partial charge < -0.3 is 4.74 Å². The Morgan fingerprint density at radius 2 is 1.57 bits per heavy atom. The van der Waals surface area contributed by atoms with Gasteiger partial charge >= 0.3 is 0 Å². The molecule has 0 amide bonds. The monoisotopic (exact) mass is 321 g/mol. The molecule has 2 aromatic heterocycles. The van der Waals surface area contributed by atoms with Gasteiger partial charge in [-0.25, -0.2) is 0 Å². The van der Waals surface area contributed by atoms with Gasteiger partial charge in [0.25, 0.3) is 0 Å². The fourth-order valence-corrected chi connectivity index (χ4v) is 2.60. The smallest absolute Gasteiger partial charge is 0.169 e. The molecule has 0 aliphatic heterocycles. The fourth-order valence-electron chi connectivity index (χ4n) is 2.38. The first kappa shape index (κ1) is 13.8. The standard InChI is InChI=1S/C18H12ClN3O/c19-16-9-5-4-8-15(16)18-21-20-17-11-10-14(12-22(17)18)23-13-6-2-1-3-7-13/h1-12H. The Morgan fingerprint density at radius 3 is 2.39 bits per heavy atom. The van der Waals surface area contributed by atoms with Crippen LogP contribution in [-0.4, -0.2) is 14.6 Å². The van der Waals surface area contributed by atoms with E-state index in [0.717, 1.165) is 17.0 Å². The highest BCUT2D eigenvalue weighted by Gasteiger charge is 2.11. The van der Waals surface area contributed by atoms with E-state index < -0.39 is 0 Å². The van der Waals surface area contributed by atoms with E-state index in [9.17, 15) is 0 Å². The second kappa shape index (κ2) is 5.74. The fraction of sp³-hybridized carbons (Fsp3) is 0. The summed E-state index contributed by atoms with van der Waals surface area (Å²) in [4.78, 5) is 0. The van der Waals surface area contributed by atoms with Crippen molar-refractivity contribution in [2.24, 2.45) is 0 Å². The SMILES string of the molecule is Clc1ccccc1-c1nnc2ccc(Oc3ccccc3)cn12. The maximum absolute atomic E-state index is 6.27. The third-order valence-corrected chi connectivity index (χ3v) is 3.80. The van der Waals surface area contributed by atoms with Gasteiger partial charge in [-0.1, -0.05) is 41.9 Å². The molecular weight excluding hydrogens is 310 g/mol. The van der Waals surface area contributed by atoms with Gasteiger partial charge in [-0.05, 0) is 36.4 Å². The van der Waals surface area contributed by atoms with Crippen molar-refractivity contribution in [3.05, 3.63) is 77.9 Å². The van der Waals surface area contributed by atoms with Gasteiger partial charge in [0.1, 0.15) is 11.5 Å². The number of nitrogens with zero attached hydrogens (tertiary/aromatic N) is 3. The molecule has 0 N–H and O–H groups in total. The van der Waals surface area contributed by atoms with E-state index in [4.69, 9.17) is 16.3 Å². The number of halogens is 1. The lowest BCUT2D eigenvalue weighted by molar-refractivity contribution is 0.479. The maximum Gasteiger partial charge on any atom is 0.169 e. The van der Waals surface area contributed by atoms with Crippen molar-refractivity contribution >= 4 is 17.2 Å². The quantitative estimate of drug-likeness (QED) is 0.542. The van der Waals surface area contributed by atoms with Crippen molar-refractivity contribution in [3.8, 4) is 22.9 Å². The molecule has 112 valence electrons. The largest absolute Gasteiger partial charge is 0.456 e. The number of para-hydroxylation sites is 1. The lowest BCUT2D eigenvalue weighted by Gasteiger charge is -2.07. The Kier molecular flexibility index (Phi) is 3.44. The first-order chi connectivity index (χ1) is 11.3. The minimum atomic E-state index is 0.635. The van der Waals surface area contributed by atoms with Gasteiger partial charge in [-0.15, -0.1) is 10.2 Å². The molecule has 4 nitrogen and oxygen atoms in total. The van der Waals surface area contributed by atoms with Crippen LogP contribution in [-0.2, 0) is 0 Å². The van der Waals surface area contributed by atoms with Crippen molar-refractivity contribution in [3.63, 3.8) is 0 Å². The van der Waals surface area contributed by atoms with Crippen molar-refractivity contribution < 1.29 is 4.74 Å². The van der Waals surface area contributed by atoms with E-state index in [2.05, 4.69) is 10.2 Å². The minimum absolute atomic E-state index is 0.635. The zero-order chi connectivity index (χ0) is 15.6. The number of hydrogen-bond donors (Lipinski definition) is 0. The number of pyridine rings is 1. The Morgan fingerprint density at radius 1 is 0.783 bits per heavy atom. The Labute approximate surface area is 137 Å². The molecule has 0 bridgehead atoms. The normalized spacial score (nSPS) is 10.8. The molecule has 2 aromatic carbocycles. The summed E-state index contributed by atoms with van der Waals surface area (Å²) in [6.45, 7) is 0. The second-order valence-electron chi connectivity index (χ2n) is 5.01. The molecule has 0 saturated heterocycles. The van der Waals surface area contributed by atoms with Crippen LogP contribution in [0, 0.1) is 0 Å². The van der Waals surface area contributed by atoms with Crippen LogP contribution >= 0.6 is 11.6 Å². The Bertz CT molecular complexity index is 966. The van der Waals surface area contributed by atoms with Crippen LogP contribution in [0.4, 0.5) is 0 Å². The van der Waals surface area contributed by atoms with E-state index >= 15 is 0 Å². The molecule has 0 atom stereocenters. The molecule has 0 aliphatic rings. The Hall–Kier alpha value is -2.85. The van der Waals surface area contributed by atoms with Crippen LogP contribution in [0.15, 0.2) is 72.9 Å². The van der Waals surface area contributed by atoms with Crippen molar-refractivity contribution in [1.82, 2.24) is 14.6 Å². The number of ether oxygens (including phenoxy) is 1. The molecule has 0 radical (unpaired) electrons. The lowest BCUT2D eigenvalue weighted by atomic mass is 10.2. The molecule has 0 saturated carbocycles. The predicted octanol–water partition coefficient (Wildman–Crippen LogP) is 4.84. The summed E-state index contributed by atoms with van der Waals surface area (Å²) < 4.78 is 7.74. The number of aromatic nitrogens is 3. The average Bonchev–Trinajstić information content (AvgIpc) is 2.99. The summed E-state index contributed by atoms with van der Waals surface area (Å²) in [5.41, 5.74) is 1.57. The van der Waals surface area contributed by atoms with E-state index in [-0.39, 0.29) is 0 Å². The highest BCUT2D eigenvalue weighted by Crippen LogP contribution is 2.28. The van der Waals surface area contributed by atoms with Gasteiger partial charge in [0.05, 0.1) is 11.2 Å².